The standard InChI is InChI=1S/C16H23F2NO/c1-3-8-19-15(16(20-2)6-4-5-7-16)12-9-13(17)11-14(18)10-12/h9-11,15,19H,3-8H2,1-2H3. The second kappa shape index (κ2) is 6.64. The van der Waals surface area contributed by atoms with E-state index in [0.29, 0.717) is 5.56 Å². The Morgan fingerprint density at radius 1 is 1.20 bits per heavy atom. The molecule has 2 nitrogen and oxygen atoms in total. The van der Waals surface area contributed by atoms with Crippen molar-refractivity contribution in [1.82, 2.24) is 5.32 Å². The Bertz CT molecular complexity index is 424. The van der Waals surface area contributed by atoms with E-state index < -0.39 is 11.6 Å². The Morgan fingerprint density at radius 2 is 1.80 bits per heavy atom. The van der Waals surface area contributed by atoms with Crippen LogP contribution in [0.15, 0.2) is 18.2 Å². The van der Waals surface area contributed by atoms with E-state index in [1.165, 1.54) is 12.1 Å². The summed E-state index contributed by atoms with van der Waals surface area (Å²) in [5, 5.41) is 3.42. The summed E-state index contributed by atoms with van der Waals surface area (Å²) in [6.07, 6.45) is 4.99. The van der Waals surface area contributed by atoms with Crippen LogP contribution in [0.25, 0.3) is 0 Å². The number of ether oxygens (including phenoxy) is 1. The topological polar surface area (TPSA) is 21.3 Å². The molecular weight excluding hydrogens is 260 g/mol. The van der Waals surface area contributed by atoms with E-state index in [1.807, 2.05) is 0 Å². The van der Waals surface area contributed by atoms with E-state index in [4.69, 9.17) is 4.74 Å². The molecule has 0 spiro atoms. The summed E-state index contributed by atoms with van der Waals surface area (Å²) in [6, 6.07) is 3.57. The van der Waals surface area contributed by atoms with Gasteiger partial charge in [0, 0.05) is 13.2 Å². The number of hydrogen-bond acceptors (Lipinski definition) is 2. The van der Waals surface area contributed by atoms with E-state index in [-0.39, 0.29) is 11.6 Å². The molecule has 1 aliphatic rings. The van der Waals surface area contributed by atoms with Gasteiger partial charge in [-0.3, -0.25) is 0 Å². The molecule has 2 rings (SSSR count). The third-order valence-electron chi connectivity index (χ3n) is 4.20. The Balaban J connectivity index is 2.35. The van der Waals surface area contributed by atoms with Crippen molar-refractivity contribution in [2.24, 2.45) is 0 Å². The predicted octanol–water partition coefficient (Wildman–Crippen LogP) is 3.96. The molecule has 1 N–H and O–H groups in total. The highest BCUT2D eigenvalue weighted by Gasteiger charge is 2.42. The molecule has 1 unspecified atom stereocenters. The van der Waals surface area contributed by atoms with Crippen LogP contribution in [0.1, 0.15) is 50.6 Å². The Kier molecular flexibility index (Phi) is 5.11. The van der Waals surface area contributed by atoms with Crippen molar-refractivity contribution < 1.29 is 13.5 Å². The SMILES string of the molecule is CCCNC(c1cc(F)cc(F)c1)C1(OC)CCCC1. The molecule has 112 valence electrons. The van der Waals surface area contributed by atoms with Crippen LogP contribution in [0, 0.1) is 11.6 Å². The van der Waals surface area contributed by atoms with Crippen molar-refractivity contribution in [2.45, 2.75) is 50.7 Å². The van der Waals surface area contributed by atoms with Crippen LogP contribution in [0.5, 0.6) is 0 Å². The highest BCUT2D eigenvalue weighted by molar-refractivity contribution is 5.25. The Labute approximate surface area is 119 Å². The highest BCUT2D eigenvalue weighted by Crippen LogP contribution is 2.42. The van der Waals surface area contributed by atoms with Gasteiger partial charge in [0.25, 0.3) is 0 Å². The maximum atomic E-state index is 13.5. The monoisotopic (exact) mass is 283 g/mol. The molecule has 1 aromatic carbocycles. The maximum Gasteiger partial charge on any atom is 0.126 e. The van der Waals surface area contributed by atoms with Crippen molar-refractivity contribution in [1.29, 1.82) is 0 Å². The number of hydrogen-bond donors (Lipinski definition) is 1. The molecular formula is C16H23F2NO. The molecule has 0 bridgehead atoms. The molecule has 0 amide bonds. The fourth-order valence-electron chi connectivity index (χ4n) is 3.22. The summed E-state index contributed by atoms with van der Waals surface area (Å²) in [6.45, 7) is 2.87. The summed E-state index contributed by atoms with van der Waals surface area (Å²) in [5.74, 6) is -1.07. The normalized spacial score (nSPS) is 19.2. The zero-order valence-corrected chi connectivity index (χ0v) is 12.2. The molecule has 1 fully saturated rings. The fourth-order valence-corrected chi connectivity index (χ4v) is 3.22. The van der Waals surface area contributed by atoms with Gasteiger partial charge in [0.1, 0.15) is 11.6 Å². The summed E-state index contributed by atoms with van der Waals surface area (Å²) in [7, 11) is 1.70. The molecule has 0 saturated heterocycles. The summed E-state index contributed by atoms with van der Waals surface area (Å²) in [5.41, 5.74) is 0.287. The van der Waals surface area contributed by atoms with Gasteiger partial charge in [-0.1, -0.05) is 19.8 Å². The number of rotatable bonds is 6. The molecule has 4 heteroatoms. The van der Waals surface area contributed by atoms with Gasteiger partial charge in [0.05, 0.1) is 11.6 Å². The average Bonchev–Trinajstić information content (AvgIpc) is 2.88. The molecule has 1 atom stereocenters. The minimum absolute atomic E-state index is 0.167. The smallest absolute Gasteiger partial charge is 0.126 e. The van der Waals surface area contributed by atoms with Crippen LogP contribution in [0.3, 0.4) is 0 Å². The van der Waals surface area contributed by atoms with Gasteiger partial charge in [-0.25, -0.2) is 8.78 Å². The first-order chi connectivity index (χ1) is 9.61. The molecule has 1 saturated carbocycles. The minimum Gasteiger partial charge on any atom is -0.376 e. The minimum atomic E-state index is -0.535. The molecule has 0 aliphatic heterocycles. The van der Waals surface area contributed by atoms with Crippen LogP contribution >= 0.6 is 0 Å². The van der Waals surface area contributed by atoms with Gasteiger partial charge in [-0.2, -0.15) is 0 Å². The summed E-state index contributed by atoms with van der Waals surface area (Å²) >= 11 is 0. The van der Waals surface area contributed by atoms with Gasteiger partial charge in [0.15, 0.2) is 0 Å². The van der Waals surface area contributed by atoms with E-state index >= 15 is 0 Å². The lowest BCUT2D eigenvalue weighted by Crippen LogP contribution is -2.44. The van der Waals surface area contributed by atoms with E-state index in [0.717, 1.165) is 44.7 Å². The zero-order chi connectivity index (χ0) is 14.6. The van der Waals surface area contributed by atoms with Crippen LogP contribution in [-0.4, -0.2) is 19.3 Å². The molecule has 0 radical (unpaired) electrons. The first-order valence-corrected chi connectivity index (χ1v) is 7.36. The van der Waals surface area contributed by atoms with Gasteiger partial charge in [0.2, 0.25) is 0 Å². The zero-order valence-electron chi connectivity index (χ0n) is 12.2. The van der Waals surface area contributed by atoms with Gasteiger partial charge in [-0.05, 0) is 43.5 Å². The molecule has 20 heavy (non-hydrogen) atoms. The first-order valence-electron chi connectivity index (χ1n) is 7.36. The summed E-state index contributed by atoms with van der Waals surface area (Å²) < 4.78 is 32.8. The van der Waals surface area contributed by atoms with Crippen LogP contribution < -0.4 is 5.32 Å². The van der Waals surface area contributed by atoms with Gasteiger partial charge < -0.3 is 10.1 Å². The van der Waals surface area contributed by atoms with E-state index in [1.54, 1.807) is 7.11 Å². The molecule has 1 aromatic rings. The van der Waals surface area contributed by atoms with Gasteiger partial charge >= 0.3 is 0 Å². The van der Waals surface area contributed by atoms with Crippen molar-refractivity contribution in [2.75, 3.05) is 13.7 Å². The van der Waals surface area contributed by atoms with Crippen LogP contribution in [0.2, 0.25) is 0 Å². The number of nitrogens with one attached hydrogen (secondary N) is 1. The lowest BCUT2D eigenvalue weighted by Gasteiger charge is -2.37. The highest BCUT2D eigenvalue weighted by atomic mass is 19.1. The first kappa shape index (κ1) is 15.4. The number of methoxy groups -OCH3 is 1. The van der Waals surface area contributed by atoms with Crippen LogP contribution in [0.4, 0.5) is 8.78 Å². The fraction of sp³-hybridized carbons (Fsp3) is 0.625. The van der Waals surface area contributed by atoms with Crippen molar-refractivity contribution in [3.63, 3.8) is 0 Å². The lowest BCUT2D eigenvalue weighted by molar-refractivity contribution is -0.0368. The average molecular weight is 283 g/mol. The van der Waals surface area contributed by atoms with Gasteiger partial charge in [-0.15, -0.1) is 0 Å². The second-order valence-electron chi connectivity index (χ2n) is 5.57. The van der Waals surface area contributed by atoms with E-state index in [9.17, 15) is 8.78 Å². The van der Waals surface area contributed by atoms with Crippen molar-refractivity contribution >= 4 is 0 Å². The maximum absolute atomic E-state index is 13.5. The molecule has 0 aromatic heterocycles. The quantitative estimate of drug-likeness (QED) is 0.853. The van der Waals surface area contributed by atoms with Crippen LogP contribution in [-0.2, 0) is 4.74 Å². The number of benzene rings is 1. The third kappa shape index (κ3) is 3.18. The number of halogens is 2. The lowest BCUT2D eigenvalue weighted by atomic mass is 9.86. The third-order valence-corrected chi connectivity index (χ3v) is 4.20. The Hall–Kier alpha value is -1.00. The molecule has 1 aliphatic carbocycles. The Morgan fingerprint density at radius 3 is 2.30 bits per heavy atom. The summed E-state index contributed by atoms with van der Waals surface area (Å²) in [4.78, 5) is 0. The molecule has 0 heterocycles. The predicted molar refractivity (Wildman–Crippen MR) is 75.6 cm³/mol. The largest absolute Gasteiger partial charge is 0.376 e. The van der Waals surface area contributed by atoms with Crippen molar-refractivity contribution in [3.05, 3.63) is 35.4 Å². The van der Waals surface area contributed by atoms with Crippen molar-refractivity contribution in [3.8, 4) is 0 Å². The van der Waals surface area contributed by atoms with E-state index in [2.05, 4.69) is 12.2 Å². The second-order valence-corrected chi connectivity index (χ2v) is 5.57.